The van der Waals surface area contributed by atoms with E-state index in [1.165, 1.54) is 35.6 Å². The summed E-state index contributed by atoms with van der Waals surface area (Å²) < 4.78 is 0. The zero-order valence-electron chi connectivity index (χ0n) is 10.2. The third kappa shape index (κ3) is 3.54. The van der Waals surface area contributed by atoms with Crippen LogP contribution in [0.3, 0.4) is 0 Å². The summed E-state index contributed by atoms with van der Waals surface area (Å²) in [6.45, 7) is 1.95. The summed E-state index contributed by atoms with van der Waals surface area (Å²) in [5.41, 5.74) is 0. The minimum Gasteiger partial charge on any atom is -0.309 e. The molecule has 0 amide bonds. The van der Waals surface area contributed by atoms with E-state index in [2.05, 4.69) is 29.3 Å². The minimum absolute atomic E-state index is 0.749. The molecule has 1 N–H and O–H groups in total. The van der Waals surface area contributed by atoms with Gasteiger partial charge in [-0.25, -0.2) is 4.98 Å². The SMILES string of the molecule is CN(C)Cc1ncc(CNC2CCCC2)s1. The van der Waals surface area contributed by atoms with Crippen LogP contribution in [0.2, 0.25) is 0 Å². The van der Waals surface area contributed by atoms with Crippen LogP contribution in [0.25, 0.3) is 0 Å². The summed E-state index contributed by atoms with van der Waals surface area (Å²) in [6, 6.07) is 0.749. The first-order chi connectivity index (χ1) is 7.74. The predicted molar refractivity (Wildman–Crippen MR) is 68.6 cm³/mol. The van der Waals surface area contributed by atoms with Crippen molar-refractivity contribution in [1.29, 1.82) is 0 Å². The number of aromatic nitrogens is 1. The molecule has 4 heteroatoms. The highest BCUT2D eigenvalue weighted by Gasteiger charge is 2.14. The quantitative estimate of drug-likeness (QED) is 0.854. The summed E-state index contributed by atoms with van der Waals surface area (Å²) in [6.07, 6.45) is 7.51. The van der Waals surface area contributed by atoms with Crippen LogP contribution < -0.4 is 5.32 Å². The molecule has 0 atom stereocenters. The molecule has 16 heavy (non-hydrogen) atoms. The van der Waals surface area contributed by atoms with E-state index in [1.54, 1.807) is 0 Å². The number of nitrogens with zero attached hydrogens (tertiary/aromatic N) is 2. The third-order valence-corrected chi connectivity index (χ3v) is 3.96. The van der Waals surface area contributed by atoms with Crippen molar-refractivity contribution in [3.63, 3.8) is 0 Å². The van der Waals surface area contributed by atoms with Crippen molar-refractivity contribution in [3.8, 4) is 0 Å². The maximum Gasteiger partial charge on any atom is 0.107 e. The Labute approximate surface area is 102 Å². The Morgan fingerprint density at radius 2 is 2.19 bits per heavy atom. The molecule has 1 aromatic rings. The lowest BCUT2D eigenvalue weighted by Gasteiger charge is -2.09. The standard InChI is InChI=1S/C12H21N3S/c1-15(2)9-12-14-8-11(16-12)7-13-10-5-3-4-6-10/h8,10,13H,3-7,9H2,1-2H3. The molecular formula is C12H21N3S. The summed E-state index contributed by atoms with van der Waals surface area (Å²) in [5, 5.41) is 4.84. The van der Waals surface area contributed by atoms with Crippen LogP contribution in [-0.4, -0.2) is 30.0 Å². The molecular weight excluding hydrogens is 218 g/mol. The molecule has 2 rings (SSSR count). The van der Waals surface area contributed by atoms with Crippen molar-refractivity contribution >= 4 is 11.3 Å². The molecule has 1 aromatic heterocycles. The van der Waals surface area contributed by atoms with Crippen molar-refractivity contribution in [2.45, 2.75) is 44.8 Å². The van der Waals surface area contributed by atoms with E-state index in [-0.39, 0.29) is 0 Å². The lowest BCUT2D eigenvalue weighted by Crippen LogP contribution is -2.24. The molecule has 1 aliphatic rings. The Morgan fingerprint density at radius 3 is 2.88 bits per heavy atom. The highest BCUT2D eigenvalue weighted by atomic mass is 32.1. The number of thiazole rings is 1. The topological polar surface area (TPSA) is 28.2 Å². The molecule has 0 aromatic carbocycles. The summed E-state index contributed by atoms with van der Waals surface area (Å²) in [4.78, 5) is 7.96. The lowest BCUT2D eigenvalue weighted by atomic mass is 10.2. The average molecular weight is 239 g/mol. The first-order valence-corrected chi connectivity index (χ1v) is 6.87. The Balaban J connectivity index is 1.78. The zero-order valence-corrected chi connectivity index (χ0v) is 11.0. The van der Waals surface area contributed by atoms with Gasteiger partial charge in [-0.3, -0.25) is 0 Å². The lowest BCUT2D eigenvalue weighted by molar-refractivity contribution is 0.401. The maximum absolute atomic E-state index is 4.44. The van der Waals surface area contributed by atoms with Crippen molar-refractivity contribution in [2.75, 3.05) is 14.1 Å². The molecule has 1 saturated carbocycles. The van der Waals surface area contributed by atoms with Gasteiger partial charge in [0.2, 0.25) is 0 Å². The van der Waals surface area contributed by atoms with Crippen molar-refractivity contribution < 1.29 is 0 Å². The fourth-order valence-corrected chi connectivity index (χ4v) is 3.14. The number of hydrogen-bond acceptors (Lipinski definition) is 4. The fourth-order valence-electron chi connectivity index (χ4n) is 2.15. The highest BCUT2D eigenvalue weighted by Crippen LogP contribution is 2.19. The van der Waals surface area contributed by atoms with Crippen molar-refractivity contribution in [1.82, 2.24) is 15.2 Å². The molecule has 90 valence electrons. The molecule has 1 fully saturated rings. The molecule has 0 aliphatic heterocycles. The van der Waals surface area contributed by atoms with Crippen LogP contribution in [0, 0.1) is 0 Å². The molecule has 0 saturated heterocycles. The molecule has 0 spiro atoms. The van der Waals surface area contributed by atoms with Gasteiger partial charge >= 0.3 is 0 Å². The van der Waals surface area contributed by atoms with Crippen LogP contribution in [0.4, 0.5) is 0 Å². The minimum atomic E-state index is 0.749. The van der Waals surface area contributed by atoms with E-state index < -0.39 is 0 Å². The third-order valence-electron chi connectivity index (χ3n) is 2.97. The molecule has 0 unspecified atom stereocenters. The van der Waals surface area contributed by atoms with Gasteiger partial charge in [-0.15, -0.1) is 11.3 Å². The van der Waals surface area contributed by atoms with E-state index in [0.29, 0.717) is 0 Å². The van der Waals surface area contributed by atoms with Crippen molar-refractivity contribution in [2.24, 2.45) is 0 Å². The highest BCUT2D eigenvalue weighted by molar-refractivity contribution is 7.11. The van der Waals surface area contributed by atoms with Crippen LogP contribution in [0.15, 0.2) is 6.20 Å². The number of hydrogen-bond donors (Lipinski definition) is 1. The van der Waals surface area contributed by atoms with Gasteiger partial charge in [-0.2, -0.15) is 0 Å². The van der Waals surface area contributed by atoms with E-state index in [4.69, 9.17) is 0 Å². The van der Waals surface area contributed by atoms with Crippen LogP contribution in [0.5, 0.6) is 0 Å². The monoisotopic (exact) mass is 239 g/mol. The Bertz CT molecular complexity index is 316. The molecule has 0 bridgehead atoms. The first kappa shape index (κ1) is 12.0. The zero-order chi connectivity index (χ0) is 11.4. The van der Waals surface area contributed by atoms with Gasteiger partial charge in [-0.1, -0.05) is 12.8 Å². The number of nitrogens with one attached hydrogen (secondary N) is 1. The Hall–Kier alpha value is -0.450. The van der Waals surface area contributed by atoms with Gasteiger partial charge in [0, 0.05) is 30.2 Å². The van der Waals surface area contributed by atoms with E-state index >= 15 is 0 Å². The predicted octanol–water partition coefficient (Wildman–Crippen LogP) is 2.24. The van der Waals surface area contributed by atoms with Crippen molar-refractivity contribution in [3.05, 3.63) is 16.1 Å². The smallest absolute Gasteiger partial charge is 0.107 e. The first-order valence-electron chi connectivity index (χ1n) is 6.06. The summed E-state index contributed by atoms with van der Waals surface area (Å²) >= 11 is 1.83. The fraction of sp³-hybridized carbons (Fsp3) is 0.750. The van der Waals surface area contributed by atoms with Gasteiger partial charge in [-0.05, 0) is 26.9 Å². The number of rotatable bonds is 5. The molecule has 0 radical (unpaired) electrons. The van der Waals surface area contributed by atoms with E-state index in [1.807, 2.05) is 17.5 Å². The Kier molecular flexibility index (Phi) is 4.32. The average Bonchev–Trinajstić information content (AvgIpc) is 2.84. The van der Waals surface area contributed by atoms with Gasteiger partial charge < -0.3 is 10.2 Å². The Morgan fingerprint density at radius 1 is 1.44 bits per heavy atom. The molecule has 1 aliphatic carbocycles. The van der Waals surface area contributed by atoms with E-state index in [9.17, 15) is 0 Å². The van der Waals surface area contributed by atoms with Crippen LogP contribution in [-0.2, 0) is 13.1 Å². The van der Waals surface area contributed by atoms with Gasteiger partial charge in [0.1, 0.15) is 5.01 Å². The summed E-state index contributed by atoms with van der Waals surface area (Å²) in [7, 11) is 4.16. The maximum atomic E-state index is 4.44. The van der Waals surface area contributed by atoms with Gasteiger partial charge in [0.15, 0.2) is 0 Å². The largest absolute Gasteiger partial charge is 0.309 e. The normalized spacial score (nSPS) is 17.4. The second-order valence-electron chi connectivity index (χ2n) is 4.82. The molecule has 3 nitrogen and oxygen atoms in total. The van der Waals surface area contributed by atoms with Gasteiger partial charge in [0.25, 0.3) is 0 Å². The van der Waals surface area contributed by atoms with E-state index in [0.717, 1.165) is 19.1 Å². The second-order valence-corrected chi connectivity index (χ2v) is 6.02. The second kappa shape index (κ2) is 5.75. The van der Waals surface area contributed by atoms with Crippen LogP contribution in [0.1, 0.15) is 35.6 Å². The van der Waals surface area contributed by atoms with Crippen LogP contribution >= 0.6 is 11.3 Å². The molecule has 1 heterocycles. The van der Waals surface area contributed by atoms with Gasteiger partial charge in [0.05, 0.1) is 0 Å². The summed E-state index contributed by atoms with van der Waals surface area (Å²) in [5.74, 6) is 0.